The average molecular weight is 1100 g/mol. The Balaban J connectivity index is 2.14. The van der Waals surface area contributed by atoms with Crippen molar-refractivity contribution in [3.63, 3.8) is 0 Å². The average Bonchev–Trinajstić information content (AvgIpc) is 3.45. The van der Waals surface area contributed by atoms with Crippen LogP contribution in [0.3, 0.4) is 0 Å². The zero-order chi connectivity index (χ0) is 56.5. The van der Waals surface area contributed by atoms with E-state index in [-0.39, 0.29) is 12.5 Å². The molecule has 1 aliphatic rings. The Morgan fingerprint density at radius 2 is 0.756 bits per heavy atom. The monoisotopic (exact) mass is 1100 g/mol. The summed E-state index contributed by atoms with van der Waals surface area (Å²) in [5.74, 6) is -0.171. The van der Waals surface area contributed by atoms with Gasteiger partial charge in [-0.3, -0.25) is 4.79 Å². The molecule has 1 amide bonds. The van der Waals surface area contributed by atoms with Gasteiger partial charge in [0.1, 0.15) is 24.4 Å². The summed E-state index contributed by atoms with van der Waals surface area (Å²) in [6.07, 6.45) is 71.0. The lowest BCUT2D eigenvalue weighted by atomic mass is 9.99. The maximum Gasteiger partial charge on any atom is 0.220 e. The van der Waals surface area contributed by atoms with Crippen molar-refractivity contribution in [2.45, 2.75) is 384 Å². The molecule has 7 unspecified atom stereocenters. The summed E-state index contributed by atoms with van der Waals surface area (Å²) in [4.78, 5) is 13.1. The molecule has 0 saturated carbocycles. The number of rotatable bonds is 60. The van der Waals surface area contributed by atoms with Crippen LogP contribution in [0.2, 0.25) is 0 Å². The number of hydrogen-bond acceptors (Lipinski definition) is 8. The Hall–Kier alpha value is -1.59. The van der Waals surface area contributed by atoms with Crippen LogP contribution in [0.4, 0.5) is 0 Å². The Morgan fingerprint density at radius 1 is 0.436 bits per heavy atom. The van der Waals surface area contributed by atoms with Gasteiger partial charge in [-0.05, 0) is 51.4 Å². The van der Waals surface area contributed by atoms with Gasteiger partial charge in [0, 0.05) is 6.42 Å². The summed E-state index contributed by atoms with van der Waals surface area (Å²) in [5.41, 5.74) is 0. The summed E-state index contributed by atoms with van der Waals surface area (Å²) in [5, 5.41) is 54.7. The first kappa shape index (κ1) is 74.4. The van der Waals surface area contributed by atoms with Crippen LogP contribution in [-0.2, 0) is 14.3 Å². The molecule has 0 aromatic heterocycles. The van der Waals surface area contributed by atoms with Gasteiger partial charge in [-0.25, -0.2) is 0 Å². The SMILES string of the molecule is CCCCCCC/C=C\C/C=C\CCCCCCCCCCCCCCCCCCCC(=O)NC(COC1OC(CO)C(O)C(O)C1O)C(O)/C=C/CCCCCCCCCCCCCCCCCCCCCCCCCC. The number of aliphatic hydroxyl groups excluding tert-OH is 5. The second-order valence-corrected chi connectivity index (χ2v) is 24.0. The predicted octanol–water partition coefficient (Wildman–Crippen LogP) is 18.3. The standard InChI is InChI=1S/C69H131NO8/c1-3-5-7-9-11-13-15-17-19-21-23-25-27-29-31-32-33-35-37-39-41-43-45-47-49-51-53-55-57-59-65(73)70-62(61-77-69-68(76)67(75)66(74)64(60-71)78-69)63(72)58-56-54-52-50-48-46-44-42-40-38-36-34-30-28-26-24-22-20-18-16-14-12-10-8-6-4-2/h15,17,21,23,56,58,62-64,66-69,71-72,74-76H,3-14,16,18-20,22,24-55,57,59-61H2,1-2H3,(H,70,73)/b17-15-,23-21-,58-56+. The van der Waals surface area contributed by atoms with Crippen LogP contribution in [0, 0.1) is 0 Å². The fourth-order valence-electron chi connectivity index (χ4n) is 11.1. The highest BCUT2D eigenvalue weighted by Crippen LogP contribution is 2.23. The second-order valence-electron chi connectivity index (χ2n) is 24.0. The lowest BCUT2D eigenvalue weighted by molar-refractivity contribution is -0.302. The van der Waals surface area contributed by atoms with E-state index in [1.807, 2.05) is 6.08 Å². The Bertz CT molecular complexity index is 1320. The third kappa shape index (κ3) is 47.0. The molecule has 1 heterocycles. The predicted molar refractivity (Wildman–Crippen MR) is 332 cm³/mol. The topological polar surface area (TPSA) is 149 Å². The van der Waals surface area contributed by atoms with Gasteiger partial charge >= 0.3 is 0 Å². The van der Waals surface area contributed by atoms with Crippen molar-refractivity contribution >= 4 is 5.91 Å². The fourth-order valence-corrected chi connectivity index (χ4v) is 11.1. The van der Waals surface area contributed by atoms with Crippen LogP contribution in [0.5, 0.6) is 0 Å². The van der Waals surface area contributed by atoms with Crippen molar-refractivity contribution in [1.29, 1.82) is 0 Å². The van der Waals surface area contributed by atoms with E-state index in [1.165, 1.54) is 276 Å². The number of unbranched alkanes of at least 4 members (excludes halogenated alkanes) is 46. The molecule has 460 valence electrons. The molecule has 1 fully saturated rings. The smallest absolute Gasteiger partial charge is 0.220 e. The molecule has 6 N–H and O–H groups in total. The molecule has 1 saturated heterocycles. The summed E-state index contributed by atoms with van der Waals surface area (Å²) in [7, 11) is 0. The quantitative estimate of drug-likeness (QED) is 0.0261. The van der Waals surface area contributed by atoms with Crippen molar-refractivity contribution in [3.05, 3.63) is 36.5 Å². The highest BCUT2D eigenvalue weighted by atomic mass is 16.7. The Morgan fingerprint density at radius 3 is 1.10 bits per heavy atom. The van der Waals surface area contributed by atoms with Crippen molar-refractivity contribution in [3.8, 4) is 0 Å². The number of hydrogen-bond donors (Lipinski definition) is 6. The number of amides is 1. The lowest BCUT2D eigenvalue weighted by Crippen LogP contribution is -2.60. The fraction of sp³-hybridized carbons (Fsp3) is 0.899. The number of carbonyl (C=O) groups excluding carboxylic acids is 1. The number of aliphatic hydroxyl groups is 5. The molecule has 9 heteroatoms. The van der Waals surface area contributed by atoms with E-state index in [1.54, 1.807) is 6.08 Å². The first-order valence-electron chi connectivity index (χ1n) is 34.2. The van der Waals surface area contributed by atoms with E-state index >= 15 is 0 Å². The molecule has 0 aromatic rings. The van der Waals surface area contributed by atoms with E-state index < -0.39 is 49.5 Å². The van der Waals surface area contributed by atoms with Crippen LogP contribution in [-0.4, -0.2) is 87.5 Å². The van der Waals surface area contributed by atoms with Crippen molar-refractivity contribution < 1.29 is 39.8 Å². The van der Waals surface area contributed by atoms with Gasteiger partial charge in [-0.2, -0.15) is 0 Å². The Kier molecular flexibility index (Phi) is 55.9. The van der Waals surface area contributed by atoms with Gasteiger partial charge in [-0.1, -0.05) is 320 Å². The first-order chi connectivity index (χ1) is 38.3. The lowest BCUT2D eigenvalue weighted by Gasteiger charge is -2.40. The number of nitrogens with one attached hydrogen (secondary N) is 1. The molecule has 0 bridgehead atoms. The van der Waals surface area contributed by atoms with Gasteiger partial charge in [0.25, 0.3) is 0 Å². The number of ether oxygens (including phenoxy) is 2. The zero-order valence-corrected chi connectivity index (χ0v) is 51.4. The minimum Gasteiger partial charge on any atom is -0.394 e. The highest BCUT2D eigenvalue weighted by Gasteiger charge is 2.44. The van der Waals surface area contributed by atoms with E-state index in [4.69, 9.17) is 9.47 Å². The van der Waals surface area contributed by atoms with Crippen molar-refractivity contribution in [1.82, 2.24) is 5.32 Å². The zero-order valence-electron chi connectivity index (χ0n) is 51.4. The molecular formula is C69H131NO8. The second kappa shape index (κ2) is 58.6. The van der Waals surface area contributed by atoms with Crippen LogP contribution >= 0.6 is 0 Å². The summed E-state index contributed by atoms with van der Waals surface area (Å²) < 4.78 is 11.3. The molecular weight excluding hydrogens is 971 g/mol. The highest BCUT2D eigenvalue weighted by molar-refractivity contribution is 5.76. The molecule has 1 rings (SSSR count). The third-order valence-corrected chi connectivity index (χ3v) is 16.5. The van der Waals surface area contributed by atoms with Gasteiger partial charge in [0.2, 0.25) is 5.91 Å². The molecule has 7 atom stereocenters. The minimum atomic E-state index is -1.57. The van der Waals surface area contributed by atoms with Crippen molar-refractivity contribution in [2.75, 3.05) is 13.2 Å². The van der Waals surface area contributed by atoms with Gasteiger partial charge in [0.15, 0.2) is 6.29 Å². The van der Waals surface area contributed by atoms with E-state index in [0.29, 0.717) is 6.42 Å². The maximum absolute atomic E-state index is 13.1. The van der Waals surface area contributed by atoms with Crippen LogP contribution in [0.15, 0.2) is 36.5 Å². The van der Waals surface area contributed by atoms with Gasteiger partial charge in [-0.15, -0.1) is 0 Å². The van der Waals surface area contributed by atoms with Crippen LogP contribution in [0.1, 0.15) is 341 Å². The normalized spacial score (nSPS) is 18.8. The van der Waals surface area contributed by atoms with Crippen LogP contribution < -0.4 is 5.32 Å². The van der Waals surface area contributed by atoms with Gasteiger partial charge in [0.05, 0.1) is 25.4 Å². The van der Waals surface area contributed by atoms with Crippen molar-refractivity contribution in [2.24, 2.45) is 0 Å². The third-order valence-electron chi connectivity index (χ3n) is 16.5. The van der Waals surface area contributed by atoms with E-state index in [2.05, 4.69) is 43.5 Å². The first-order valence-corrected chi connectivity index (χ1v) is 34.2. The van der Waals surface area contributed by atoms with Crippen LogP contribution in [0.25, 0.3) is 0 Å². The molecule has 78 heavy (non-hydrogen) atoms. The molecule has 1 aliphatic heterocycles. The molecule has 9 nitrogen and oxygen atoms in total. The molecule has 0 aliphatic carbocycles. The number of carbonyl (C=O) groups is 1. The van der Waals surface area contributed by atoms with E-state index in [9.17, 15) is 30.3 Å². The molecule has 0 radical (unpaired) electrons. The maximum atomic E-state index is 13.1. The number of allylic oxidation sites excluding steroid dienone is 5. The largest absolute Gasteiger partial charge is 0.394 e. The summed E-state index contributed by atoms with van der Waals surface area (Å²) in [6.45, 7) is 3.82. The Labute approximate surface area is 482 Å². The molecule has 0 aromatic carbocycles. The van der Waals surface area contributed by atoms with Gasteiger partial charge < -0.3 is 40.3 Å². The summed E-state index contributed by atoms with van der Waals surface area (Å²) in [6, 6.07) is -0.805. The molecule has 0 spiro atoms. The minimum absolute atomic E-state index is 0.171. The van der Waals surface area contributed by atoms with E-state index in [0.717, 1.165) is 44.9 Å². The summed E-state index contributed by atoms with van der Waals surface area (Å²) >= 11 is 0.